The number of thiophene rings is 1. The molecule has 0 aliphatic carbocycles. The number of fused-ring (bicyclic) bond motifs is 1. The number of methoxy groups -OCH3 is 1. The highest BCUT2D eigenvalue weighted by atomic mass is 32.1. The summed E-state index contributed by atoms with van der Waals surface area (Å²) >= 11 is 1.31. The van der Waals surface area contributed by atoms with Crippen LogP contribution in [0.15, 0.2) is 60.9 Å². The Kier molecular flexibility index (Phi) is 4.10. The number of rotatable bonds is 4. The van der Waals surface area contributed by atoms with Crippen LogP contribution in [0.1, 0.15) is 15.2 Å². The number of ketones is 1. The topological polar surface area (TPSA) is 78.1 Å². The Morgan fingerprint density at radius 3 is 2.62 bits per heavy atom. The standard InChI is InChI=1S/C20H15N3O2S/c1-25-14-6-4-12(5-7-14)18(24)19-17(21)15-8-9-16(23-20(15)26-19)13-3-2-10-22-11-13/h2-11H,21H2,1H3. The lowest BCUT2D eigenvalue weighted by molar-refractivity contribution is 0.104. The third kappa shape index (κ3) is 2.80. The molecular weight excluding hydrogens is 346 g/mol. The molecule has 0 saturated heterocycles. The van der Waals surface area contributed by atoms with Gasteiger partial charge >= 0.3 is 0 Å². The van der Waals surface area contributed by atoms with E-state index in [1.165, 1.54) is 11.3 Å². The second kappa shape index (κ2) is 6.57. The number of carbonyl (C=O) groups is 1. The molecule has 0 fully saturated rings. The van der Waals surface area contributed by atoms with Crippen molar-refractivity contribution in [1.29, 1.82) is 0 Å². The molecule has 26 heavy (non-hydrogen) atoms. The number of nitrogens with zero attached hydrogens (tertiary/aromatic N) is 2. The number of hydrogen-bond acceptors (Lipinski definition) is 6. The summed E-state index contributed by atoms with van der Waals surface area (Å²) in [6.07, 6.45) is 3.48. The van der Waals surface area contributed by atoms with Crippen molar-refractivity contribution in [2.45, 2.75) is 0 Å². The summed E-state index contributed by atoms with van der Waals surface area (Å²) in [6, 6.07) is 14.6. The molecular formula is C20H15N3O2S. The maximum absolute atomic E-state index is 12.8. The summed E-state index contributed by atoms with van der Waals surface area (Å²) < 4.78 is 5.13. The first kappa shape index (κ1) is 16.2. The van der Waals surface area contributed by atoms with Gasteiger partial charge in [-0.25, -0.2) is 4.98 Å². The molecule has 4 aromatic rings. The van der Waals surface area contributed by atoms with Gasteiger partial charge in [0.25, 0.3) is 0 Å². The van der Waals surface area contributed by atoms with Crippen LogP contribution in [0.3, 0.4) is 0 Å². The molecule has 0 atom stereocenters. The first-order valence-corrected chi connectivity index (χ1v) is 8.77. The third-order valence-electron chi connectivity index (χ3n) is 4.11. The number of benzene rings is 1. The van der Waals surface area contributed by atoms with Gasteiger partial charge in [0.2, 0.25) is 5.78 Å². The molecule has 1 aromatic carbocycles. The molecule has 0 spiro atoms. The van der Waals surface area contributed by atoms with Crippen LogP contribution in [0, 0.1) is 0 Å². The van der Waals surface area contributed by atoms with Gasteiger partial charge in [-0.3, -0.25) is 9.78 Å². The summed E-state index contributed by atoms with van der Waals surface area (Å²) in [5, 5.41) is 0.791. The van der Waals surface area contributed by atoms with Crippen molar-refractivity contribution in [2.24, 2.45) is 0 Å². The third-order valence-corrected chi connectivity index (χ3v) is 5.22. The Morgan fingerprint density at radius 1 is 1.12 bits per heavy atom. The van der Waals surface area contributed by atoms with Gasteiger partial charge in [-0.2, -0.15) is 0 Å². The second-order valence-corrected chi connectivity index (χ2v) is 6.69. The van der Waals surface area contributed by atoms with Crippen molar-refractivity contribution in [2.75, 3.05) is 12.8 Å². The quantitative estimate of drug-likeness (QED) is 0.552. The molecule has 4 rings (SSSR count). The summed E-state index contributed by atoms with van der Waals surface area (Å²) in [6.45, 7) is 0. The Balaban J connectivity index is 1.76. The van der Waals surface area contributed by atoms with Crippen molar-refractivity contribution < 1.29 is 9.53 Å². The normalized spacial score (nSPS) is 10.8. The number of pyridine rings is 2. The van der Waals surface area contributed by atoms with Crippen LogP contribution < -0.4 is 10.5 Å². The first-order chi connectivity index (χ1) is 12.7. The van der Waals surface area contributed by atoms with Crippen LogP contribution in [-0.2, 0) is 0 Å². The zero-order chi connectivity index (χ0) is 18.1. The van der Waals surface area contributed by atoms with Crippen molar-refractivity contribution >= 4 is 33.0 Å². The molecule has 3 aromatic heterocycles. The predicted molar refractivity (Wildman–Crippen MR) is 104 cm³/mol. The van der Waals surface area contributed by atoms with E-state index in [9.17, 15) is 4.79 Å². The van der Waals surface area contributed by atoms with Crippen LogP contribution in [-0.4, -0.2) is 22.9 Å². The Bertz CT molecular complexity index is 1090. The summed E-state index contributed by atoms with van der Waals surface area (Å²) in [4.78, 5) is 22.9. The van der Waals surface area contributed by atoms with Gasteiger partial charge in [0.15, 0.2) is 0 Å². The summed E-state index contributed by atoms with van der Waals surface area (Å²) in [7, 11) is 1.59. The number of hydrogen-bond donors (Lipinski definition) is 1. The molecule has 5 nitrogen and oxygen atoms in total. The number of nitrogens with two attached hydrogens (primary N) is 1. The van der Waals surface area contributed by atoms with Crippen molar-refractivity contribution in [1.82, 2.24) is 9.97 Å². The van der Waals surface area contributed by atoms with Crippen molar-refractivity contribution in [3.63, 3.8) is 0 Å². The maximum atomic E-state index is 12.8. The second-order valence-electron chi connectivity index (χ2n) is 5.69. The Hall–Kier alpha value is -3.25. The Morgan fingerprint density at radius 2 is 1.92 bits per heavy atom. The lowest BCUT2D eigenvalue weighted by atomic mass is 10.1. The highest BCUT2D eigenvalue weighted by Crippen LogP contribution is 2.35. The van der Waals surface area contributed by atoms with Gasteiger partial charge in [0.05, 0.1) is 18.5 Å². The molecule has 2 N–H and O–H groups in total. The predicted octanol–water partition coefficient (Wildman–Crippen LogP) is 4.18. The minimum Gasteiger partial charge on any atom is -0.497 e. The zero-order valence-electron chi connectivity index (χ0n) is 14.0. The van der Waals surface area contributed by atoms with Gasteiger partial charge in [-0.1, -0.05) is 0 Å². The van der Waals surface area contributed by atoms with E-state index in [-0.39, 0.29) is 5.78 Å². The number of nitrogen functional groups attached to an aromatic ring is 1. The van der Waals surface area contributed by atoms with Gasteiger partial charge < -0.3 is 10.5 Å². The smallest absolute Gasteiger partial charge is 0.205 e. The maximum Gasteiger partial charge on any atom is 0.205 e. The number of aromatic nitrogens is 2. The van der Waals surface area contributed by atoms with E-state index < -0.39 is 0 Å². The van der Waals surface area contributed by atoms with E-state index in [4.69, 9.17) is 10.5 Å². The first-order valence-electron chi connectivity index (χ1n) is 7.95. The van der Waals surface area contributed by atoms with E-state index in [0.717, 1.165) is 21.5 Å². The van der Waals surface area contributed by atoms with Crippen LogP contribution in [0.2, 0.25) is 0 Å². The summed E-state index contributed by atoms with van der Waals surface area (Å²) in [5.74, 6) is 0.588. The molecule has 0 radical (unpaired) electrons. The Labute approximate surface area is 154 Å². The number of anilines is 1. The van der Waals surface area contributed by atoms with Crippen molar-refractivity contribution in [3.05, 3.63) is 71.4 Å². The number of ether oxygens (including phenoxy) is 1. The lowest BCUT2D eigenvalue weighted by Gasteiger charge is -2.02. The SMILES string of the molecule is COc1ccc(C(=O)c2sc3nc(-c4cccnc4)ccc3c2N)cc1. The molecule has 0 unspecified atom stereocenters. The van der Waals surface area contributed by atoms with Gasteiger partial charge in [0.1, 0.15) is 15.5 Å². The number of carbonyl (C=O) groups excluding carboxylic acids is 1. The molecule has 0 bridgehead atoms. The van der Waals surface area contributed by atoms with E-state index >= 15 is 0 Å². The monoisotopic (exact) mass is 361 g/mol. The van der Waals surface area contributed by atoms with Gasteiger partial charge in [-0.05, 0) is 48.5 Å². The van der Waals surface area contributed by atoms with Crippen LogP contribution in [0.5, 0.6) is 5.75 Å². The van der Waals surface area contributed by atoms with Crippen LogP contribution in [0.4, 0.5) is 5.69 Å². The average Bonchev–Trinajstić information content (AvgIpc) is 3.04. The molecule has 3 heterocycles. The largest absolute Gasteiger partial charge is 0.497 e. The molecule has 128 valence electrons. The molecule has 0 aliphatic rings. The fourth-order valence-electron chi connectivity index (χ4n) is 2.71. The summed E-state index contributed by atoms with van der Waals surface area (Å²) in [5.41, 5.74) is 8.99. The molecule has 0 amide bonds. The molecule has 0 saturated carbocycles. The highest BCUT2D eigenvalue weighted by Gasteiger charge is 2.19. The minimum absolute atomic E-state index is 0.115. The molecule has 0 aliphatic heterocycles. The van der Waals surface area contributed by atoms with Crippen LogP contribution >= 0.6 is 11.3 Å². The van der Waals surface area contributed by atoms with Gasteiger partial charge in [-0.15, -0.1) is 11.3 Å². The zero-order valence-corrected chi connectivity index (χ0v) is 14.8. The highest BCUT2D eigenvalue weighted by molar-refractivity contribution is 7.21. The van der Waals surface area contributed by atoms with Crippen molar-refractivity contribution in [3.8, 4) is 17.0 Å². The molecule has 6 heteroatoms. The van der Waals surface area contributed by atoms with Crippen LogP contribution in [0.25, 0.3) is 21.5 Å². The average molecular weight is 361 g/mol. The van der Waals surface area contributed by atoms with E-state index in [2.05, 4.69) is 9.97 Å². The fraction of sp³-hybridized carbons (Fsp3) is 0.0500. The van der Waals surface area contributed by atoms with Gasteiger partial charge in [0, 0.05) is 28.9 Å². The van der Waals surface area contributed by atoms with E-state index in [1.807, 2.05) is 24.3 Å². The van der Waals surface area contributed by atoms with E-state index in [1.54, 1.807) is 43.8 Å². The lowest BCUT2D eigenvalue weighted by Crippen LogP contribution is -2.01. The van der Waals surface area contributed by atoms with E-state index in [0.29, 0.717) is 21.9 Å². The minimum atomic E-state index is -0.115. The fourth-order valence-corrected chi connectivity index (χ4v) is 3.77.